The van der Waals surface area contributed by atoms with E-state index in [0.717, 1.165) is 27.9 Å². The number of ether oxygens (including phenoxy) is 1. The van der Waals surface area contributed by atoms with Crippen molar-refractivity contribution in [1.82, 2.24) is 19.6 Å². The summed E-state index contributed by atoms with van der Waals surface area (Å²) < 4.78 is 6.93. The molecule has 4 rings (SSSR count). The summed E-state index contributed by atoms with van der Waals surface area (Å²) in [6, 6.07) is 14.0. The number of fused-ring (bicyclic) bond motifs is 1. The molecule has 0 fully saturated rings. The zero-order chi connectivity index (χ0) is 16.4. The van der Waals surface area contributed by atoms with E-state index in [1.165, 1.54) is 16.9 Å². The summed E-state index contributed by atoms with van der Waals surface area (Å²) in [5.74, 6) is 0.586. The van der Waals surface area contributed by atoms with Crippen LogP contribution < -0.4 is 10.1 Å². The van der Waals surface area contributed by atoms with Crippen LogP contribution in [0.4, 0.5) is 5.13 Å². The summed E-state index contributed by atoms with van der Waals surface area (Å²) in [5, 5.41) is 8.79. The first-order chi connectivity index (χ1) is 11.8. The van der Waals surface area contributed by atoms with Crippen LogP contribution in [0.15, 0.2) is 54.9 Å². The largest absolute Gasteiger partial charge is 0.481 e. The lowest BCUT2D eigenvalue weighted by Gasteiger charge is -2.02. The van der Waals surface area contributed by atoms with Gasteiger partial charge in [0.25, 0.3) is 0 Å². The fourth-order valence-corrected chi connectivity index (χ4v) is 3.16. The zero-order valence-electron chi connectivity index (χ0n) is 13.0. The number of rotatable bonds is 5. The van der Waals surface area contributed by atoms with Crippen LogP contribution in [0, 0.1) is 0 Å². The Morgan fingerprint density at radius 3 is 2.71 bits per heavy atom. The fourth-order valence-electron chi connectivity index (χ4n) is 2.39. The van der Waals surface area contributed by atoms with Gasteiger partial charge in [0.15, 0.2) is 0 Å². The van der Waals surface area contributed by atoms with Gasteiger partial charge in [0.05, 0.1) is 19.0 Å². The van der Waals surface area contributed by atoms with Crippen LogP contribution in [-0.4, -0.2) is 26.7 Å². The number of methoxy groups -OCH3 is 1. The molecule has 0 radical (unpaired) electrons. The summed E-state index contributed by atoms with van der Waals surface area (Å²) in [6.07, 6.45) is 3.57. The number of pyridine rings is 1. The number of aromatic nitrogens is 4. The van der Waals surface area contributed by atoms with Crippen molar-refractivity contribution in [3.8, 4) is 17.1 Å². The molecule has 4 aromatic rings. The molecule has 3 heterocycles. The second kappa shape index (κ2) is 6.29. The number of imidazole rings is 1. The molecule has 0 aliphatic heterocycles. The molecule has 3 aromatic heterocycles. The molecule has 6 nitrogen and oxygen atoms in total. The monoisotopic (exact) mass is 337 g/mol. The van der Waals surface area contributed by atoms with Crippen LogP contribution in [0.5, 0.6) is 5.88 Å². The molecular weight excluding hydrogens is 322 g/mol. The van der Waals surface area contributed by atoms with Crippen molar-refractivity contribution in [3.05, 3.63) is 60.4 Å². The molecule has 0 aliphatic carbocycles. The Bertz CT molecular complexity index is 946. The third-order valence-corrected chi connectivity index (χ3v) is 4.49. The minimum absolute atomic E-state index is 0.586. The maximum atomic E-state index is 5.10. The lowest BCUT2D eigenvalue weighted by atomic mass is 10.2. The summed E-state index contributed by atoms with van der Waals surface area (Å²) >= 11 is 1.52. The predicted octanol–water partition coefficient (Wildman–Crippen LogP) is 3.47. The van der Waals surface area contributed by atoms with Crippen LogP contribution in [0.25, 0.3) is 16.2 Å². The van der Waals surface area contributed by atoms with Crippen molar-refractivity contribution >= 4 is 21.4 Å². The first-order valence-electron chi connectivity index (χ1n) is 7.46. The van der Waals surface area contributed by atoms with Gasteiger partial charge < -0.3 is 10.1 Å². The number of hydrogen-bond acceptors (Lipinski definition) is 6. The summed E-state index contributed by atoms with van der Waals surface area (Å²) in [5.41, 5.74) is 3.07. The minimum Gasteiger partial charge on any atom is -0.481 e. The fraction of sp³-hybridized carbons (Fsp3) is 0.118. The van der Waals surface area contributed by atoms with Gasteiger partial charge in [-0.25, -0.2) is 14.5 Å². The van der Waals surface area contributed by atoms with E-state index < -0.39 is 0 Å². The Kier molecular flexibility index (Phi) is 3.84. The molecule has 0 aliphatic rings. The molecule has 0 spiro atoms. The number of hydrogen-bond donors (Lipinski definition) is 1. The van der Waals surface area contributed by atoms with Crippen LogP contribution in [0.2, 0.25) is 0 Å². The molecule has 0 saturated carbocycles. The first-order valence-corrected chi connectivity index (χ1v) is 8.28. The van der Waals surface area contributed by atoms with Crippen molar-refractivity contribution in [3.63, 3.8) is 0 Å². The molecule has 0 saturated heterocycles. The molecular formula is C17H15N5OS. The van der Waals surface area contributed by atoms with E-state index in [-0.39, 0.29) is 0 Å². The summed E-state index contributed by atoms with van der Waals surface area (Å²) in [4.78, 5) is 9.52. The smallest absolute Gasteiger partial charge is 0.214 e. The summed E-state index contributed by atoms with van der Waals surface area (Å²) in [6.45, 7) is 0.733. The SMILES string of the molecule is COc1ccc(-c2cnc3sc(NCc4ccccc4)nn23)cn1. The highest BCUT2D eigenvalue weighted by Gasteiger charge is 2.12. The molecule has 1 aromatic carbocycles. The average Bonchev–Trinajstić information content (AvgIpc) is 3.21. The molecule has 0 amide bonds. The Morgan fingerprint density at radius 2 is 1.96 bits per heavy atom. The van der Waals surface area contributed by atoms with Crippen molar-refractivity contribution in [2.24, 2.45) is 0 Å². The second-order valence-corrected chi connectivity index (χ2v) is 6.13. The van der Waals surface area contributed by atoms with E-state index in [2.05, 4.69) is 32.5 Å². The number of nitrogens with one attached hydrogen (secondary N) is 1. The number of nitrogens with zero attached hydrogens (tertiary/aromatic N) is 4. The normalized spacial score (nSPS) is 10.9. The lowest BCUT2D eigenvalue weighted by molar-refractivity contribution is 0.398. The van der Waals surface area contributed by atoms with Crippen LogP contribution in [-0.2, 0) is 6.54 Å². The van der Waals surface area contributed by atoms with E-state index in [0.29, 0.717) is 5.88 Å². The topological polar surface area (TPSA) is 64.3 Å². The van der Waals surface area contributed by atoms with Gasteiger partial charge in [-0.2, -0.15) is 0 Å². The highest BCUT2D eigenvalue weighted by molar-refractivity contribution is 7.20. The third-order valence-electron chi connectivity index (χ3n) is 3.61. The Balaban J connectivity index is 1.58. The zero-order valence-corrected chi connectivity index (χ0v) is 13.8. The van der Waals surface area contributed by atoms with E-state index in [1.54, 1.807) is 13.3 Å². The Labute approximate surface area is 142 Å². The third kappa shape index (κ3) is 2.81. The highest BCUT2D eigenvalue weighted by atomic mass is 32.1. The van der Waals surface area contributed by atoms with Crippen molar-refractivity contribution in [1.29, 1.82) is 0 Å². The molecule has 7 heteroatoms. The van der Waals surface area contributed by atoms with Crippen LogP contribution in [0.3, 0.4) is 0 Å². The predicted molar refractivity (Wildman–Crippen MR) is 94.4 cm³/mol. The number of anilines is 1. The van der Waals surface area contributed by atoms with E-state index in [4.69, 9.17) is 4.74 Å². The van der Waals surface area contributed by atoms with Gasteiger partial charge in [-0.1, -0.05) is 41.7 Å². The van der Waals surface area contributed by atoms with Gasteiger partial charge in [0.1, 0.15) is 0 Å². The standard InChI is InChI=1S/C17H15N5OS/c1-23-15-8-7-13(10-18-15)14-11-20-17-22(14)21-16(24-17)19-9-12-5-3-2-4-6-12/h2-8,10-11H,9H2,1H3,(H,19,21). The second-order valence-electron chi connectivity index (χ2n) is 5.17. The van der Waals surface area contributed by atoms with Crippen molar-refractivity contribution in [2.75, 3.05) is 12.4 Å². The van der Waals surface area contributed by atoms with Crippen LogP contribution >= 0.6 is 11.3 Å². The van der Waals surface area contributed by atoms with Crippen LogP contribution in [0.1, 0.15) is 5.56 Å². The van der Waals surface area contributed by atoms with E-state index in [9.17, 15) is 0 Å². The first kappa shape index (κ1) is 14.6. The van der Waals surface area contributed by atoms with Gasteiger partial charge in [-0.3, -0.25) is 0 Å². The minimum atomic E-state index is 0.586. The molecule has 1 N–H and O–H groups in total. The Hall–Kier alpha value is -2.93. The molecule has 24 heavy (non-hydrogen) atoms. The van der Waals surface area contributed by atoms with Crippen molar-refractivity contribution < 1.29 is 4.74 Å². The van der Waals surface area contributed by atoms with E-state index >= 15 is 0 Å². The van der Waals surface area contributed by atoms with Gasteiger partial charge >= 0.3 is 0 Å². The number of benzene rings is 1. The average molecular weight is 337 g/mol. The van der Waals surface area contributed by atoms with Gasteiger partial charge in [0, 0.05) is 24.4 Å². The van der Waals surface area contributed by atoms with Gasteiger partial charge in [0.2, 0.25) is 16.0 Å². The highest BCUT2D eigenvalue weighted by Crippen LogP contribution is 2.26. The quantitative estimate of drug-likeness (QED) is 0.604. The summed E-state index contributed by atoms with van der Waals surface area (Å²) in [7, 11) is 1.60. The lowest BCUT2D eigenvalue weighted by Crippen LogP contribution is -1.99. The van der Waals surface area contributed by atoms with Gasteiger partial charge in [-0.15, -0.1) is 5.10 Å². The van der Waals surface area contributed by atoms with Gasteiger partial charge in [-0.05, 0) is 11.6 Å². The molecule has 0 unspecified atom stereocenters. The molecule has 0 bridgehead atoms. The maximum Gasteiger partial charge on any atom is 0.214 e. The Morgan fingerprint density at radius 1 is 1.08 bits per heavy atom. The molecule has 120 valence electrons. The van der Waals surface area contributed by atoms with Crippen molar-refractivity contribution in [2.45, 2.75) is 6.54 Å². The molecule has 0 atom stereocenters. The maximum absolute atomic E-state index is 5.10. The van der Waals surface area contributed by atoms with E-state index in [1.807, 2.05) is 41.0 Å².